The van der Waals surface area contributed by atoms with Crippen LogP contribution in [0.1, 0.15) is 33.5 Å². The smallest absolute Gasteiger partial charge is 0.150 e. The molecule has 0 N–H and O–H groups in total. The van der Waals surface area contributed by atoms with Crippen molar-refractivity contribution in [1.29, 1.82) is 0 Å². The Morgan fingerprint density at radius 2 is 2.19 bits per heavy atom. The summed E-state index contributed by atoms with van der Waals surface area (Å²) in [6, 6.07) is 7.66. The molecular formula is C13H13NOS. The molecule has 0 saturated heterocycles. The van der Waals surface area contributed by atoms with Crippen molar-refractivity contribution in [3.63, 3.8) is 0 Å². The Morgan fingerprint density at radius 3 is 2.88 bits per heavy atom. The first-order valence-corrected chi connectivity index (χ1v) is 6.17. The molecule has 0 aliphatic carbocycles. The molecule has 0 amide bonds. The van der Waals surface area contributed by atoms with Gasteiger partial charge in [0.1, 0.15) is 6.29 Å². The second-order valence-corrected chi connectivity index (χ2v) is 4.52. The van der Waals surface area contributed by atoms with Gasteiger partial charge in [-0.3, -0.25) is 4.79 Å². The highest BCUT2D eigenvalue weighted by atomic mass is 32.1. The molecule has 0 unspecified atom stereocenters. The van der Waals surface area contributed by atoms with E-state index >= 15 is 0 Å². The number of rotatable bonds is 4. The maximum Gasteiger partial charge on any atom is 0.150 e. The van der Waals surface area contributed by atoms with E-state index in [9.17, 15) is 4.79 Å². The first kappa shape index (κ1) is 11.0. The standard InChI is InChI=1S/C13H13NOS/c1-2-13-14-12(9-16-13)7-10-5-3-4-6-11(10)8-15/h3-6,8-9H,2,7H2,1H3. The number of carbonyl (C=O) groups is 1. The van der Waals surface area contributed by atoms with Crippen LogP contribution < -0.4 is 0 Å². The van der Waals surface area contributed by atoms with Gasteiger partial charge in [-0.2, -0.15) is 0 Å². The Kier molecular flexibility index (Phi) is 3.47. The van der Waals surface area contributed by atoms with Gasteiger partial charge in [0.25, 0.3) is 0 Å². The highest BCUT2D eigenvalue weighted by Crippen LogP contribution is 2.16. The van der Waals surface area contributed by atoms with Crippen LogP contribution in [0.3, 0.4) is 0 Å². The van der Waals surface area contributed by atoms with Crippen molar-refractivity contribution in [2.75, 3.05) is 0 Å². The van der Waals surface area contributed by atoms with Gasteiger partial charge in [0.15, 0.2) is 0 Å². The van der Waals surface area contributed by atoms with Gasteiger partial charge in [0.05, 0.1) is 10.7 Å². The van der Waals surface area contributed by atoms with Crippen molar-refractivity contribution in [3.8, 4) is 0 Å². The van der Waals surface area contributed by atoms with E-state index in [2.05, 4.69) is 17.3 Å². The van der Waals surface area contributed by atoms with Crippen molar-refractivity contribution < 1.29 is 4.79 Å². The minimum absolute atomic E-state index is 0.741. The van der Waals surface area contributed by atoms with Crippen LogP contribution in [0.15, 0.2) is 29.6 Å². The highest BCUT2D eigenvalue weighted by Gasteiger charge is 2.05. The Hall–Kier alpha value is -1.48. The van der Waals surface area contributed by atoms with Gasteiger partial charge in [0.2, 0.25) is 0 Å². The summed E-state index contributed by atoms with van der Waals surface area (Å²) in [5.41, 5.74) is 2.86. The van der Waals surface area contributed by atoms with E-state index in [1.807, 2.05) is 24.3 Å². The average Bonchev–Trinajstić information content (AvgIpc) is 2.77. The summed E-state index contributed by atoms with van der Waals surface area (Å²) in [4.78, 5) is 15.4. The predicted molar refractivity (Wildman–Crippen MR) is 66.1 cm³/mol. The van der Waals surface area contributed by atoms with Crippen LogP contribution in [-0.4, -0.2) is 11.3 Å². The zero-order valence-electron chi connectivity index (χ0n) is 9.14. The molecule has 16 heavy (non-hydrogen) atoms. The second kappa shape index (κ2) is 5.03. The van der Waals surface area contributed by atoms with Crippen LogP contribution in [0.2, 0.25) is 0 Å². The first-order valence-electron chi connectivity index (χ1n) is 5.30. The fraction of sp³-hybridized carbons (Fsp3) is 0.231. The van der Waals surface area contributed by atoms with Gasteiger partial charge in [-0.05, 0) is 12.0 Å². The summed E-state index contributed by atoms with van der Waals surface area (Å²) in [6.07, 6.45) is 2.62. The fourth-order valence-electron chi connectivity index (χ4n) is 1.60. The van der Waals surface area contributed by atoms with Crippen molar-refractivity contribution in [3.05, 3.63) is 51.5 Å². The number of aryl methyl sites for hydroxylation is 1. The predicted octanol–water partition coefficient (Wildman–Crippen LogP) is 3.11. The summed E-state index contributed by atoms with van der Waals surface area (Å²) >= 11 is 1.68. The molecule has 0 radical (unpaired) electrons. The molecule has 0 bridgehead atoms. The third-order valence-electron chi connectivity index (χ3n) is 2.46. The van der Waals surface area contributed by atoms with Crippen molar-refractivity contribution in [2.45, 2.75) is 19.8 Å². The maximum absolute atomic E-state index is 10.9. The summed E-state index contributed by atoms with van der Waals surface area (Å²) in [5, 5.41) is 3.22. The normalized spacial score (nSPS) is 10.3. The van der Waals surface area contributed by atoms with Gasteiger partial charge >= 0.3 is 0 Å². The lowest BCUT2D eigenvalue weighted by molar-refractivity contribution is 0.112. The molecule has 1 aromatic heterocycles. The Balaban J connectivity index is 2.22. The summed E-state index contributed by atoms with van der Waals surface area (Å²) < 4.78 is 0. The zero-order chi connectivity index (χ0) is 11.4. The van der Waals surface area contributed by atoms with Crippen LogP contribution in [0.5, 0.6) is 0 Å². The van der Waals surface area contributed by atoms with E-state index in [1.54, 1.807) is 11.3 Å². The molecule has 3 heteroatoms. The van der Waals surface area contributed by atoms with Crippen LogP contribution in [-0.2, 0) is 12.8 Å². The third-order valence-corrected chi connectivity index (χ3v) is 3.50. The molecule has 0 atom stereocenters. The number of aldehydes is 1. The highest BCUT2D eigenvalue weighted by molar-refractivity contribution is 7.09. The lowest BCUT2D eigenvalue weighted by Crippen LogP contribution is -1.94. The van der Waals surface area contributed by atoms with Crippen LogP contribution in [0.4, 0.5) is 0 Å². The molecule has 2 aromatic rings. The van der Waals surface area contributed by atoms with E-state index in [-0.39, 0.29) is 0 Å². The topological polar surface area (TPSA) is 30.0 Å². The maximum atomic E-state index is 10.9. The molecule has 1 heterocycles. The number of carbonyl (C=O) groups excluding carboxylic acids is 1. The Bertz CT molecular complexity index is 490. The number of hydrogen-bond acceptors (Lipinski definition) is 3. The minimum atomic E-state index is 0.741. The van der Waals surface area contributed by atoms with Gasteiger partial charge in [0, 0.05) is 17.4 Å². The number of nitrogens with zero attached hydrogens (tertiary/aromatic N) is 1. The van der Waals surface area contributed by atoms with Crippen LogP contribution >= 0.6 is 11.3 Å². The lowest BCUT2D eigenvalue weighted by atomic mass is 10.0. The minimum Gasteiger partial charge on any atom is -0.298 e. The number of thiazole rings is 1. The van der Waals surface area contributed by atoms with E-state index in [0.717, 1.165) is 41.0 Å². The SMILES string of the molecule is CCc1nc(Cc2ccccc2C=O)cs1. The summed E-state index contributed by atoms with van der Waals surface area (Å²) in [7, 11) is 0. The first-order chi connectivity index (χ1) is 7.83. The Labute approximate surface area is 99.0 Å². The van der Waals surface area contributed by atoms with Crippen molar-refractivity contribution in [1.82, 2.24) is 4.98 Å². The molecule has 0 fully saturated rings. The Morgan fingerprint density at radius 1 is 1.38 bits per heavy atom. The van der Waals surface area contributed by atoms with Gasteiger partial charge < -0.3 is 0 Å². The molecule has 0 aliphatic rings. The van der Waals surface area contributed by atoms with Gasteiger partial charge in [-0.1, -0.05) is 31.2 Å². The zero-order valence-corrected chi connectivity index (χ0v) is 9.96. The molecule has 0 spiro atoms. The average molecular weight is 231 g/mol. The second-order valence-electron chi connectivity index (χ2n) is 3.58. The fourth-order valence-corrected chi connectivity index (χ4v) is 2.34. The van der Waals surface area contributed by atoms with Crippen LogP contribution in [0.25, 0.3) is 0 Å². The lowest BCUT2D eigenvalue weighted by Gasteiger charge is -2.01. The molecule has 2 nitrogen and oxygen atoms in total. The molecule has 1 aromatic carbocycles. The summed E-state index contributed by atoms with van der Waals surface area (Å²) in [6.45, 7) is 2.10. The summed E-state index contributed by atoms with van der Waals surface area (Å²) in [5.74, 6) is 0. The molecule has 0 saturated carbocycles. The van der Waals surface area contributed by atoms with Gasteiger partial charge in [-0.25, -0.2) is 4.98 Å². The molecule has 82 valence electrons. The molecule has 0 aliphatic heterocycles. The number of hydrogen-bond donors (Lipinski definition) is 0. The molecular weight excluding hydrogens is 218 g/mol. The largest absolute Gasteiger partial charge is 0.298 e. The quantitative estimate of drug-likeness (QED) is 0.757. The van der Waals surface area contributed by atoms with E-state index in [0.29, 0.717) is 0 Å². The third kappa shape index (κ3) is 2.36. The molecule has 2 rings (SSSR count). The van der Waals surface area contributed by atoms with Crippen molar-refractivity contribution >= 4 is 17.6 Å². The van der Waals surface area contributed by atoms with Crippen LogP contribution in [0, 0.1) is 0 Å². The van der Waals surface area contributed by atoms with Crippen molar-refractivity contribution in [2.24, 2.45) is 0 Å². The number of benzene rings is 1. The van der Waals surface area contributed by atoms with Gasteiger partial charge in [-0.15, -0.1) is 11.3 Å². The van der Waals surface area contributed by atoms with E-state index < -0.39 is 0 Å². The monoisotopic (exact) mass is 231 g/mol. The van der Waals surface area contributed by atoms with E-state index in [1.165, 1.54) is 0 Å². The number of aromatic nitrogens is 1. The van der Waals surface area contributed by atoms with E-state index in [4.69, 9.17) is 0 Å².